The normalized spacial score (nSPS) is 11.5. The maximum absolute atomic E-state index is 2.46. The first-order chi connectivity index (χ1) is 25.8. The predicted molar refractivity (Wildman–Crippen MR) is 225 cm³/mol. The number of hydrogen-bond donors (Lipinski definition) is 0. The van der Waals surface area contributed by atoms with Gasteiger partial charge in [0.15, 0.2) is 0 Å². The van der Waals surface area contributed by atoms with Crippen LogP contribution >= 0.6 is 11.3 Å². The van der Waals surface area contributed by atoms with Crippen LogP contribution < -0.4 is 4.90 Å². The number of fused-ring (bicyclic) bond motifs is 6. The molecular weight excluding hydrogens is 647 g/mol. The SMILES string of the molecule is c1ccc(-c2ccc(N(c3cccc(-c4ccccc4)c3)c3cccc4sc5c6ccccc6c(-c6cccc7ccccc67)cc5c34)cc2)cc1. The van der Waals surface area contributed by atoms with E-state index in [2.05, 4.69) is 205 Å². The van der Waals surface area contributed by atoms with Crippen LogP contribution in [0.3, 0.4) is 0 Å². The van der Waals surface area contributed by atoms with Crippen molar-refractivity contribution in [1.82, 2.24) is 0 Å². The van der Waals surface area contributed by atoms with Crippen molar-refractivity contribution >= 4 is 70.1 Å². The molecule has 0 radical (unpaired) electrons. The molecule has 52 heavy (non-hydrogen) atoms. The summed E-state index contributed by atoms with van der Waals surface area (Å²) in [6.07, 6.45) is 0. The summed E-state index contributed by atoms with van der Waals surface area (Å²) in [4.78, 5) is 2.45. The number of thiophene rings is 1. The molecule has 2 heteroatoms. The van der Waals surface area contributed by atoms with E-state index < -0.39 is 0 Å². The third kappa shape index (κ3) is 5.16. The van der Waals surface area contributed by atoms with E-state index in [0.717, 1.165) is 11.4 Å². The predicted octanol–water partition coefficient (Wildman–Crippen LogP) is 14.8. The van der Waals surface area contributed by atoms with E-state index in [1.165, 1.54) is 80.8 Å². The number of anilines is 3. The molecule has 9 aromatic carbocycles. The van der Waals surface area contributed by atoms with Gasteiger partial charge in [-0.25, -0.2) is 0 Å². The summed E-state index contributed by atoms with van der Waals surface area (Å²) in [5.74, 6) is 0. The Bertz CT molecular complexity index is 2880. The fourth-order valence-electron chi connectivity index (χ4n) is 7.82. The highest BCUT2D eigenvalue weighted by Crippen LogP contribution is 2.49. The molecule has 0 unspecified atom stereocenters. The Kier molecular flexibility index (Phi) is 7.41. The molecule has 0 spiro atoms. The van der Waals surface area contributed by atoms with Crippen molar-refractivity contribution in [3.05, 3.63) is 200 Å². The Hall–Kier alpha value is -6.48. The molecule has 0 bridgehead atoms. The summed E-state index contributed by atoms with van der Waals surface area (Å²) in [6.45, 7) is 0. The highest BCUT2D eigenvalue weighted by atomic mass is 32.1. The van der Waals surface area contributed by atoms with Crippen LogP contribution in [-0.4, -0.2) is 0 Å². The average molecular weight is 680 g/mol. The van der Waals surface area contributed by atoms with Gasteiger partial charge in [0.25, 0.3) is 0 Å². The lowest BCUT2D eigenvalue weighted by atomic mass is 9.92. The van der Waals surface area contributed by atoms with Crippen molar-refractivity contribution in [2.75, 3.05) is 4.90 Å². The van der Waals surface area contributed by atoms with E-state index in [1.807, 2.05) is 11.3 Å². The van der Waals surface area contributed by atoms with Crippen LogP contribution in [-0.2, 0) is 0 Å². The van der Waals surface area contributed by atoms with Gasteiger partial charge in [-0.05, 0) is 92.0 Å². The van der Waals surface area contributed by atoms with E-state index in [4.69, 9.17) is 0 Å². The minimum atomic E-state index is 1.12. The van der Waals surface area contributed by atoms with Gasteiger partial charge >= 0.3 is 0 Å². The van der Waals surface area contributed by atoms with Gasteiger partial charge in [0.05, 0.1) is 5.69 Å². The molecule has 0 saturated heterocycles. The van der Waals surface area contributed by atoms with E-state index in [1.54, 1.807) is 0 Å². The van der Waals surface area contributed by atoms with Gasteiger partial charge in [0.2, 0.25) is 0 Å². The minimum absolute atomic E-state index is 1.12. The number of hydrogen-bond acceptors (Lipinski definition) is 2. The van der Waals surface area contributed by atoms with Crippen LogP contribution in [0.2, 0.25) is 0 Å². The van der Waals surface area contributed by atoms with Crippen LogP contribution in [0.15, 0.2) is 200 Å². The Morgan fingerprint density at radius 2 is 0.942 bits per heavy atom. The van der Waals surface area contributed by atoms with Crippen molar-refractivity contribution in [2.45, 2.75) is 0 Å². The first kappa shape index (κ1) is 30.4. The van der Waals surface area contributed by atoms with Gasteiger partial charge in [-0.1, -0.05) is 158 Å². The van der Waals surface area contributed by atoms with Crippen LogP contribution in [0, 0.1) is 0 Å². The molecule has 0 N–H and O–H groups in total. The lowest BCUT2D eigenvalue weighted by Gasteiger charge is -2.27. The molecule has 10 rings (SSSR count). The van der Waals surface area contributed by atoms with Crippen LogP contribution in [0.5, 0.6) is 0 Å². The summed E-state index contributed by atoms with van der Waals surface area (Å²) in [7, 11) is 0. The fraction of sp³-hybridized carbons (Fsp3) is 0. The fourth-order valence-corrected chi connectivity index (χ4v) is 9.06. The molecule has 1 nitrogen and oxygen atoms in total. The number of benzene rings is 9. The molecule has 1 heterocycles. The molecule has 0 aliphatic heterocycles. The summed E-state index contributed by atoms with van der Waals surface area (Å²) in [5, 5.41) is 7.65. The van der Waals surface area contributed by atoms with Crippen molar-refractivity contribution in [2.24, 2.45) is 0 Å². The van der Waals surface area contributed by atoms with Gasteiger partial charge in [-0.3, -0.25) is 0 Å². The van der Waals surface area contributed by atoms with E-state index in [-0.39, 0.29) is 0 Å². The molecule has 1 aromatic heterocycles. The van der Waals surface area contributed by atoms with Crippen LogP contribution in [0.25, 0.3) is 75.1 Å². The molecule has 244 valence electrons. The molecular formula is C50H33NS. The topological polar surface area (TPSA) is 3.24 Å². The zero-order valence-corrected chi connectivity index (χ0v) is 29.2. The van der Waals surface area contributed by atoms with Crippen molar-refractivity contribution in [1.29, 1.82) is 0 Å². The van der Waals surface area contributed by atoms with Gasteiger partial charge in [-0.15, -0.1) is 11.3 Å². The van der Waals surface area contributed by atoms with Crippen molar-refractivity contribution in [3.8, 4) is 33.4 Å². The maximum atomic E-state index is 2.46. The summed E-state index contributed by atoms with van der Waals surface area (Å²) >= 11 is 1.89. The first-order valence-corrected chi connectivity index (χ1v) is 18.6. The Morgan fingerprint density at radius 1 is 0.346 bits per heavy atom. The molecule has 0 saturated carbocycles. The van der Waals surface area contributed by atoms with E-state index >= 15 is 0 Å². The monoisotopic (exact) mass is 679 g/mol. The zero-order valence-electron chi connectivity index (χ0n) is 28.4. The second-order valence-electron chi connectivity index (χ2n) is 13.3. The molecule has 0 amide bonds. The Labute approximate surface area is 307 Å². The quantitative estimate of drug-likeness (QED) is 0.169. The molecule has 10 aromatic rings. The van der Waals surface area contributed by atoms with Crippen molar-refractivity contribution < 1.29 is 0 Å². The van der Waals surface area contributed by atoms with Gasteiger partial charge < -0.3 is 4.90 Å². The van der Waals surface area contributed by atoms with Gasteiger partial charge in [-0.2, -0.15) is 0 Å². The van der Waals surface area contributed by atoms with Gasteiger partial charge in [0.1, 0.15) is 0 Å². The lowest BCUT2D eigenvalue weighted by Crippen LogP contribution is -2.10. The van der Waals surface area contributed by atoms with E-state index in [9.17, 15) is 0 Å². The number of nitrogens with zero attached hydrogens (tertiary/aromatic N) is 1. The molecule has 0 fully saturated rings. The number of rotatable bonds is 6. The highest BCUT2D eigenvalue weighted by Gasteiger charge is 2.21. The Morgan fingerprint density at radius 3 is 1.73 bits per heavy atom. The second kappa shape index (κ2) is 12.7. The van der Waals surface area contributed by atoms with Crippen LogP contribution in [0.4, 0.5) is 17.1 Å². The Balaban J connectivity index is 1.25. The van der Waals surface area contributed by atoms with Crippen molar-refractivity contribution in [3.63, 3.8) is 0 Å². The largest absolute Gasteiger partial charge is 0.310 e. The van der Waals surface area contributed by atoms with E-state index in [0.29, 0.717) is 0 Å². The average Bonchev–Trinajstić information content (AvgIpc) is 3.61. The zero-order chi connectivity index (χ0) is 34.4. The second-order valence-corrected chi connectivity index (χ2v) is 14.3. The molecule has 0 atom stereocenters. The summed E-state index contributed by atoms with van der Waals surface area (Å²) < 4.78 is 2.59. The summed E-state index contributed by atoms with van der Waals surface area (Å²) in [6, 6.07) is 72.8. The minimum Gasteiger partial charge on any atom is -0.310 e. The molecule has 0 aliphatic rings. The standard InChI is InChI=1S/C50H33NS/c1-3-14-34(15-4-1)36-28-30-39(31-29-36)51(40-21-11-20-38(32-40)35-16-5-2-6-17-35)47-26-13-27-48-49(47)46-33-45(43-23-9-10-24-44(43)50(46)52-48)42-25-12-19-37-18-7-8-22-41(37)42/h1-33H. The highest BCUT2D eigenvalue weighted by molar-refractivity contribution is 7.26. The first-order valence-electron chi connectivity index (χ1n) is 17.8. The summed E-state index contributed by atoms with van der Waals surface area (Å²) in [5.41, 5.74) is 10.7. The lowest BCUT2D eigenvalue weighted by molar-refractivity contribution is 1.30. The maximum Gasteiger partial charge on any atom is 0.0554 e. The van der Waals surface area contributed by atoms with Crippen LogP contribution in [0.1, 0.15) is 0 Å². The third-order valence-corrected chi connectivity index (χ3v) is 11.4. The molecule has 0 aliphatic carbocycles. The smallest absolute Gasteiger partial charge is 0.0554 e. The third-order valence-electron chi connectivity index (χ3n) is 10.2. The van der Waals surface area contributed by atoms with Gasteiger partial charge in [0, 0.05) is 36.9 Å².